The molecule has 0 fully saturated rings. The maximum Gasteiger partial charge on any atom is 0.142 e. The molecule has 0 aromatic heterocycles. The van der Waals surface area contributed by atoms with Gasteiger partial charge in [0.05, 0.1) is 12.3 Å². The van der Waals surface area contributed by atoms with Crippen LogP contribution in [0.1, 0.15) is 39.2 Å². The van der Waals surface area contributed by atoms with Gasteiger partial charge in [-0.3, -0.25) is 0 Å². The third-order valence-electron chi connectivity index (χ3n) is 3.12. The SMILES string of the molecule is CCOc1ccc(CCCNC(C)CC)cc1N. The van der Waals surface area contributed by atoms with Crippen molar-refractivity contribution in [2.24, 2.45) is 0 Å². The van der Waals surface area contributed by atoms with Crippen LogP contribution in [-0.2, 0) is 6.42 Å². The second kappa shape index (κ2) is 7.98. The number of hydrogen-bond donors (Lipinski definition) is 2. The van der Waals surface area contributed by atoms with Crippen LogP contribution < -0.4 is 15.8 Å². The molecule has 3 heteroatoms. The summed E-state index contributed by atoms with van der Waals surface area (Å²) in [6.45, 7) is 8.10. The summed E-state index contributed by atoms with van der Waals surface area (Å²) in [5, 5.41) is 3.49. The lowest BCUT2D eigenvalue weighted by molar-refractivity contribution is 0.342. The van der Waals surface area contributed by atoms with Crippen molar-refractivity contribution in [1.82, 2.24) is 5.32 Å². The van der Waals surface area contributed by atoms with Gasteiger partial charge in [-0.25, -0.2) is 0 Å². The van der Waals surface area contributed by atoms with Crippen molar-refractivity contribution >= 4 is 5.69 Å². The van der Waals surface area contributed by atoms with Gasteiger partial charge in [-0.15, -0.1) is 0 Å². The predicted molar refractivity (Wildman–Crippen MR) is 78.1 cm³/mol. The number of hydrogen-bond acceptors (Lipinski definition) is 3. The minimum absolute atomic E-state index is 0.607. The Kier molecular flexibility index (Phi) is 6.58. The van der Waals surface area contributed by atoms with Gasteiger partial charge in [-0.1, -0.05) is 13.0 Å². The average molecular weight is 250 g/mol. The van der Waals surface area contributed by atoms with Crippen molar-refractivity contribution in [2.75, 3.05) is 18.9 Å². The highest BCUT2D eigenvalue weighted by atomic mass is 16.5. The fourth-order valence-electron chi connectivity index (χ4n) is 1.83. The van der Waals surface area contributed by atoms with Crippen LogP contribution in [-0.4, -0.2) is 19.2 Å². The molecule has 0 aliphatic carbocycles. The Morgan fingerprint density at radius 2 is 2.11 bits per heavy atom. The van der Waals surface area contributed by atoms with Gasteiger partial charge >= 0.3 is 0 Å². The molecule has 0 spiro atoms. The van der Waals surface area contributed by atoms with E-state index in [0.717, 1.165) is 30.8 Å². The zero-order valence-electron chi connectivity index (χ0n) is 11.8. The van der Waals surface area contributed by atoms with Crippen molar-refractivity contribution < 1.29 is 4.74 Å². The maximum absolute atomic E-state index is 5.94. The van der Waals surface area contributed by atoms with E-state index in [9.17, 15) is 0 Å². The van der Waals surface area contributed by atoms with Gasteiger partial charge in [-0.2, -0.15) is 0 Å². The van der Waals surface area contributed by atoms with Gasteiger partial charge in [0.1, 0.15) is 5.75 Å². The van der Waals surface area contributed by atoms with Crippen LogP contribution in [0.3, 0.4) is 0 Å². The first-order chi connectivity index (χ1) is 8.67. The normalized spacial score (nSPS) is 12.4. The van der Waals surface area contributed by atoms with Gasteiger partial charge in [0.15, 0.2) is 0 Å². The smallest absolute Gasteiger partial charge is 0.142 e. The van der Waals surface area contributed by atoms with Gasteiger partial charge in [0.2, 0.25) is 0 Å². The second-order valence-corrected chi connectivity index (χ2v) is 4.67. The van der Waals surface area contributed by atoms with Gasteiger partial charge in [0, 0.05) is 6.04 Å². The quantitative estimate of drug-likeness (QED) is 0.551. The highest BCUT2D eigenvalue weighted by molar-refractivity contribution is 5.54. The summed E-state index contributed by atoms with van der Waals surface area (Å²) in [6.07, 6.45) is 3.37. The minimum Gasteiger partial charge on any atom is -0.492 e. The second-order valence-electron chi connectivity index (χ2n) is 4.67. The van der Waals surface area contributed by atoms with Crippen LogP contribution in [0.2, 0.25) is 0 Å². The Balaban J connectivity index is 2.37. The van der Waals surface area contributed by atoms with E-state index < -0.39 is 0 Å². The number of anilines is 1. The lowest BCUT2D eigenvalue weighted by atomic mass is 10.1. The first-order valence-corrected chi connectivity index (χ1v) is 6.92. The van der Waals surface area contributed by atoms with E-state index in [4.69, 9.17) is 10.5 Å². The number of benzene rings is 1. The molecule has 0 aliphatic rings. The third kappa shape index (κ3) is 4.96. The number of nitrogen functional groups attached to an aromatic ring is 1. The molecule has 102 valence electrons. The van der Waals surface area contributed by atoms with E-state index in [1.54, 1.807) is 0 Å². The molecule has 1 atom stereocenters. The van der Waals surface area contributed by atoms with Crippen LogP contribution in [0, 0.1) is 0 Å². The van der Waals surface area contributed by atoms with E-state index in [2.05, 4.69) is 25.2 Å². The molecular formula is C15H26N2O. The van der Waals surface area contributed by atoms with E-state index in [-0.39, 0.29) is 0 Å². The highest BCUT2D eigenvalue weighted by Crippen LogP contribution is 2.22. The number of rotatable bonds is 8. The van der Waals surface area contributed by atoms with Crippen molar-refractivity contribution in [2.45, 2.75) is 46.1 Å². The summed E-state index contributed by atoms with van der Waals surface area (Å²) >= 11 is 0. The van der Waals surface area contributed by atoms with Gasteiger partial charge < -0.3 is 15.8 Å². The molecule has 0 bridgehead atoms. The summed E-state index contributed by atoms with van der Waals surface area (Å²) in [7, 11) is 0. The molecule has 1 aromatic rings. The molecule has 0 saturated heterocycles. The van der Waals surface area contributed by atoms with Crippen LogP contribution in [0.5, 0.6) is 5.75 Å². The molecular weight excluding hydrogens is 224 g/mol. The van der Waals surface area contributed by atoms with E-state index in [0.29, 0.717) is 12.6 Å². The first kappa shape index (κ1) is 14.8. The molecule has 1 aromatic carbocycles. The summed E-state index contributed by atoms with van der Waals surface area (Å²) in [5.74, 6) is 0.791. The molecule has 0 radical (unpaired) electrons. The highest BCUT2D eigenvalue weighted by Gasteiger charge is 2.02. The Morgan fingerprint density at radius 1 is 1.33 bits per heavy atom. The van der Waals surface area contributed by atoms with Crippen molar-refractivity contribution in [3.63, 3.8) is 0 Å². The standard InChI is InChI=1S/C15H26N2O/c1-4-12(3)17-10-6-7-13-8-9-15(18-5-2)14(16)11-13/h8-9,11-12,17H,4-7,10,16H2,1-3H3. The lowest BCUT2D eigenvalue weighted by Gasteiger charge is -2.11. The molecule has 0 amide bonds. The number of aryl methyl sites for hydroxylation is 1. The largest absolute Gasteiger partial charge is 0.492 e. The molecule has 3 nitrogen and oxygen atoms in total. The minimum atomic E-state index is 0.607. The zero-order valence-corrected chi connectivity index (χ0v) is 11.8. The van der Waals surface area contributed by atoms with E-state index in [1.807, 2.05) is 19.1 Å². The predicted octanol–water partition coefficient (Wildman–Crippen LogP) is 2.99. The summed E-state index contributed by atoms with van der Waals surface area (Å²) in [5.41, 5.74) is 7.96. The van der Waals surface area contributed by atoms with Crippen LogP contribution in [0.25, 0.3) is 0 Å². The van der Waals surface area contributed by atoms with Crippen molar-refractivity contribution in [3.05, 3.63) is 23.8 Å². The van der Waals surface area contributed by atoms with E-state index >= 15 is 0 Å². The number of ether oxygens (including phenoxy) is 1. The fourth-order valence-corrected chi connectivity index (χ4v) is 1.83. The van der Waals surface area contributed by atoms with Crippen LogP contribution in [0.15, 0.2) is 18.2 Å². The van der Waals surface area contributed by atoms with Gasteiger partial charge in [0.25, 0.3) is 0 Å². The van der Waals surface area contributed by atoms with Crippen molar-refractivity contribution in [1.29, 1.82) is 0 Å². The Morgan fingerprint density at radius 3 is 2.72 bits per heavy atom. The third-order valence-corrected chi connectivity index (χ3v) is 3.12. The van der Waals surface area contributed by atoms with E-state index in [1.165, 1.54) is 12.0 Å². The fraction of sp³-hybridized carbons (Fsp3) is 0.600. The number of nitrogens with two attached hydrogens (primary N) is 1. The zero-order chi connectivity index (χ0) is 13.4. The molecule has 0 saturated carbocycles. The summed E-state index contributed by atoms with van der Waals surface area (Å²) < 4.78 is 5.43. The summed E-state index contributed by atoms with van der Waals surface area (Å²) in [4.78, 5) is 0. The molecule has 3 N–H and O–H groups in total. The topological polar surface area (TPSA) is 47.3 Å². The lowest BCUT2D eigenvalue weighted by Crippen LogP contribution is -2.26. The Hall–Kier alpha value is -1.22. The Bertz CT molecular complexity index is 352. The average Bonchev–Trinajstić information content (AvgIpc) is 2.37. The van der Waals surface area contributed by atoms with Crippen molar-refractivity contribution in [3.8, 4) is 5.75 Å². The molecule has 1 rings (SSSR count). The molecule has 0 heterocycles. The number of nitrogens with one attached hydrogen (secondary N) is 1. The first-order valence-electron chi connectivity index (χ1n) is 6.92. The molecule has 0 aliphatic heterocycles. The van der Waals surface area contributed by atoms with Crippen LogP contribution >= 0.6 is 0 Å². The Labute approximate surface area is 111 Å². The van der Waals surface area contributed by atoms with Gasteiger partial charge in [-0.05, 0) is 57.4 Å². The molecule has 1 unspecified atom stereocenters. The summed E-state index contributed by atoms with van der Waals surface area (Å²) in [6, 6.07) is 6.70. The van der Waals surface area contributed by atoms with Crippen LogP contribution in [0.4, 0.5) is 5.69 Å². The molecule has 18 heavy (non-hydrogen) atoms. The maximum atomic E-state index is 5.94. The monoisotopic (exact) mass is 250 g/mol.